The minimum absolute atomic E-state index is 0.171. The van der Waals surface area contributed by atoms with E-state index >= 15 is 0 Å². The predicted molar refractivity (Wildman–Crippen MR) is 136 cm³/mol. The van der Waals surface area contributed by atoms with Crippen LogP contribution in [0.25, 0.3) is 0 Å². The van der Waals surface area contributed by atoms with E-state index in [0.29, 0.717) is 5.92 Å². The van der Waals surface area contributed by atoms with E-state index in [2.05, 4.69) is 66.0 Å². The van der Waals surface area contributed by atoms with Gasteiger partial charge in [0.2, 0.25) is 0 Å². The molecule has 0 aliphatic carbocycles. The highest BCUT2D eigenvalue weighted by molar-refractivity contribution is 5.68. The summed E-state index contributed by atoms with van der Waals surface area (Å²) in [5, 5.41) is 3.40. The second-order valence-corrected chi connectivity index (χ2v) is 10.5. The highest BCUT2D eigenvalue weighted by atomic mass is 16.6. The van der Waals surface area contributed by atoms with Crippen molar-refractivity contribution in [2.24, 2.45) is 11.8 Å². The molecule has 0 aromatic heterocycles. The van der Waals surface area contributed by atoms with Crippen LogP contribution in [-0.4, -0.2) is 42.8 Å². The van der Waals surface area contributed by atoms with Gasteiger partial charge in [-0.1, -0.05) is 60.7 Å². The van der Waals surface area contributed by atoms with Crippen LogP contribution in [0.3, 0.4) is 0 Å². The zero-order valence-electron chi connectivity index (χ0n) is 20.8. The number of amides is 1. The lowest BCUT2D eigenvalue weighted by Gasteiger charge is -2.33. The average molecular weight is 451 g/mol. The summed E-state index contributed by atoms with van der Waals surface area (Å²) in [6, 6.07) is 21.4. The number of ether oxygens (including phenoxy) is 1. The van der Waals surface area contributed by atoms with Crippen molar-refractivity contribution in [1.82, 2.24) is 10.2 Å². The number of carbonyl (C=O) groups excluding carboxylic acids is 1. The van der Waals surface area contributed by atoms with Gasteiger partial charge in [-0.15, -0.1) is 0 Å². The van der Waals surface area contributed by atoms with Crippen LogP contribution in [-0.2, 0) is 17.6 Å². The summed E-state index contributed by atoms with van der Waals surface area (Å²) < 4.78 is 5.42. The Hall–Kier alpha value is -2.33. The Bertz CT molecular complexity index is 803. The van der Waals surface area contributed by atoms with E-state index in [-0.39, 0.29) is 6.09 Å². The Morgan fingerprint density at radius 3 is 1.73 bits per heavy atom. The highest BCUT2D eigenvalue weighted by Gasteiger charge is 2.26. The van der Waals surface area contributed by atoms with Crippen LogP contribution in [0.2, 0.25) is 0 Å². The molecule has 2 aromatic carbocycles. The van der Waals surface area contributed by atoms with Gasteiger partial charge in [0.15, 0.2) is 0 Å². The fraction of sp³-hybridized carbons (Fsp3) is 0.552. The van der Waals surface area contributed by atoms with Gasteiger partial charge >= 0.3 is 6.09 Å². The molecule has 4 nitrogen and oxygen atoms in total. The van der Waals surface area contributed by atoms with Gasteiger partial charge in [0.05, 0.1) is 0 Å². The number of benzene rings is 2. The minimum Gasteiger partial charge on any atom is -0.444 e. The summed E-state index contributed by atoms with van der Waals surface area (Å²) in [6.45, 7) is 9.76. The summed E-state index contributed by atoms with van der Waals surface area (Å²) in [5.74, 6) is 1.58. The van der Waals surface area contributed by atoms with Crippen LogP contribution in [0.1, 0.15) is 57.6 Å². The lowest BCUT2D eigenvalue weighted by atomic mass is 9.90. The topological polar surface area (TPSA) is 41.6 Å². The summed E-state index contributed by atoms with van der Waals surface area (Å²) in [7, 11) is 0. The zero-order chi connectivity index (χ0) is 23.5. The van der Waals surface area contributed by atoms with Crippen molar-refractivity contribution in [3.05, 3.63) is 71.8 Å². The van der Waals surface area contributed by atoms with Gasteiger partial charge in [-0.3, -0.25) is 0 Å². The summed E-state index contributed by atoms with van der Waals surface area (Å²) >= 11 is 0. The molecule has 0 spiro atoms. The molecule has 2 aliphatic rings. The second kappa shape index (κ2) is 12.8. The van der Waals surface area contributed by atoms with Crippen LogP contribution < -0.4 is 5.32 Å². The molecule has 1 N–H and O–H groups in total. The van der Waals surface area contributed by atoms with Crippen molar-refractivity contribution in [2.75, 3.05) is 26.2 Å². The van der Waals surface area contributed by atoms with Crippen LogP contribution in [0.4, 0.5) is 4.79 Å². The number of hydrogen-bond acceptors (Lipinski definition) is 3. The number of carbonyl (C=O) groups is 1. The van der Waals surface area contributed by atoms with Crippen molar-refractivity contribution in [2.45, 2.75) is 64.9 Å². The molecule has 180 valence electrons. The third-order valence-electron chi connectivity index (χ3n) is 6.46. The summed E-state index contributed by atoms with van der Waals surface area (Å²) in [4.78, 5) is 13.8. The monoisotopic (exact) mass is 450 g/mol. The molecule has 2 aromatic rings. The Morgan fingerprint density at radius 1 is 0.818 bits per heavy atom. The quantitative estimate of drug-likeness (QED) is 0.611. The van der Waals surface area contributed by atoms with E-state index in [9.17, 15) is 4.79 Å². The molecular weight excluding hydrogens is 408 g/mol. The van der Waals surface area contributed by atoms with E-state index in [0.717, 1.165) is 38.3 Å². The lowest BCUT2D eigenvalue weighted by molar-refractivity contribution is 0.0184. The molecule has 2 heterocycles. The van der Waals surface area contributed by atoms with E-state index in [1.165, 1.54) is 43.5 Å². The zero-order valence-corrected chi connectivity index (χ0v) is 20.8. The Morgan fingerprint density at radius 2 is 1.27 bits per heavy atom. The van der Waals surface area contributed by atoms with Crippen LogP contribution in [0, 0.1) is 11.8 Å². The van der Waals surface area contributed by atoms with Crippen LogP contribution in [0.5, 0.6) is 0 Å². The first kappa shape index (κ1) is 25.3. The molecule has 4 rings (SSSR count). The number of piperidine rings is 2. The number of hydrogen-bond donors (Lipinski definition) is 1. The molecule has 2 fully saturated rings. The average Bonchev–Trinajstić information content (AvgIpc) is 2.81. The first-order chi connectivity index (χ1) is 15.9. The Labute approximate surface area is 200 Å². The van der Waals surface area contributed by atoms with Gasteiger partial charge in [-0.2, -0.15) is 0 Å². The predicted octanol–water partition coefficient (Wildman–Crippen LogP) is 6.10. The standard InChI is InChI=1S/C17H25NO2.C12H17N/c1-17(2,3)20-16(19)18-11-9-15(10-12-18)13-14-7-5-4-6-8-14;1-2-4-11(5-3-1)10-12-6-8-13-9-7-12/h4-8,15H,9-13H2,1-3H3;1-5,12-13H,6-10H2. The molecule has 0 saturated carbocycles. The second-order valence-electron chi connectivity index (χ2n) is 10.5. The first-order valence-corrected chi connectivity index (χ1v) is 12.7. The normalized spacial score (nSPS) is 17.7. The maximum absolute atomic E-state index is 12.0. The number of rotatable bonds is 4. The molecule has 2 saturated heterocycles. The third kappa shape index (κ3) is 9.59. The van der Waals surface area contributed by atoms with Gasteiger partial charge < -0.3 is 15.0 Å². The molecular formula is C29H42N2O2. The van der Waals surface area contributed by atoms with Gasteiger partial charge in [-0.25, -0.2) is 4.79 Å². The number of likely N-dealkylation sites (tertiary alicyclic amines) is 1. The van der Waals surface area contributed by atoms with Gasteiger partial charge in [0, 0.05) is 13.1 Å². The van der Waals surface area contributed by atoms with E-state index in [4.69, 9.17) is 4.74 Å². The number of nitrogens with one attached hydrogen (secondary N) is 1. The molecule has 0 bridgehead atoms. The Balaban J connectivity index is 0.000000203. The van der Waals surface area contributed by atoms with Gasteiger partial charge in [-0.05, 0) is 95.3 Å². The van der Waals surface area contributed by atoms with Gasteiger partial charge in [0.25, 0.3) is 0 Å². The van der Waals surface area contributed by atoms with E-state index in [1.807, 2.05) is 25.7 Å². The molecule has 0 atom stereocenters. The van der Waals surface area contributed by atoms with Crippen molar-refractivity contribution in [3.8, 4) is 0 Å². The maximum Gasteiger partial charge on any atom is 0.410 e. The van der Waals surface area contributed by atoms with Crippen molar-refractivity contribution in [1.29, 1.82) is 0 Å². The van der Waals surface area contributed by atoms with Crippen LogP contribution >= 0.6 is 0 Å². The van der Waals surface area contributed by atoms with Crippen molar-refractivity contribution < 1.29 is 9.53 Å². The smallest absolute Gasteiger partial charge is 0.410 e. The minimum atomic E-state index is -0.405. The summed E-state index contributed by atoms with van der Waals surface area (Å²) in [6.07, 6.45) is 7.02. The molecule has 33 heavy (non-hydrogen) atoms. The summed E-state index contributed by atoms with van der Waals surface area (Å²) in [5.41, 5.74) is 2.48. The number of nitrogens with zero attached hydrogens (tertiary/aromatic N) is 1. The maximum atomic E-state index is 12.0. The third-order valence-corrected chi connectivity index (χ3v) is 6.46. The first-order valence-electron chi connectivity index (χ1n) is 12.7. The molecule has 1 amide bonds. The fourth-order valence-corrected chi connectivity index (χ4v) is 4.63. The van der Waals surface area contributed by atoms with Crippen LogP contribution in [0.15, 0.2) is 60.7 Å². The molecule has 0 unspecified atom stereocenters. The largest absolute Gasteiger partial charge is 0.444 e. The lowest BCUT2D eigenvalue weighted by Crippen LogP contribution is -2.42. The van der Waals surface area contributed by atoms with Crippen molar-refractivity contribution in [3.63, 3.8) is 0 Å². The van der Waals surface area contributed by atoms with Crippen molar-refractivity contribution >= 4 is 6.09 Å². The fourth-order valence-electron chi connectivity index (χ4n) is 4.63. The Kier molecular flexibility index (Phi) is 9.80. The van der Waals surface area contributed by atoms with E-state index < -0.39 is 5.60 Å². The molecule has 0 radical (unpaired) electrons. The van der Waals surface area contributed by atoms with E-state index in [1.54, 1.807) is 0 Å². The SMILES string of the molecule is CC(C)(C)OC(=O)N1CCC(Cc2ccccc2)CC1.c1ccc(CC2CCNCC2)cc1. The van der Waals surface area contributed by atoms with Gasteiger partial charge in [0.1, 0.15) is 5.60 Å². The highest BCUT2D eigenvalue weighted by Crippen LogP contribution is 2.23. The molecule has 2 aliphatic heterocycles. The molecule has 4 heteroatoms.